The van der Waals surface area contributed by atoms with Gasteiger partial charge in [-0.25, -0.2) is 0 Å². The zero-order valence-electron chi connectivity index (χ0n) is 12.4. The van der Waals surface area contributed by atoms with E-state index in [4.69, 9.17) is 32.7 Å². The SMILES string of the molecule is Clc1cccc(OCCCCCCOc2cccc(Cl)c2)c1. The topological polar surface area (TPSA) is 18.5 Å². The van der Waals surface area contributed by atoms with E-state index in [1.54, 1.807) is 0 Å². The molecule has 0 aliphatic rings. The van der Waals surface area contributed by atoms with Crippen molar-refractivity contribution in [1.29, 1.82) is 0 Å². The lowest BCUT2D eigenvalue weighted by Gasteiger charge is -2.07. The van der Waals surface area contributed by atoms with Gasteiger partial charge in [0.1, 0.15) is 11.5 Å². The van der Waals surface area contributed by atoms with Gasteiger partial charge in [-0.05, 0) is 62.1 Å². The van der Waals surface area contributed by atoms with E-state index in [-0.39, 0.29) is 0 Å². The van der Waals surface area contributed by atoms with Crippen LogP contribution in [-0.4, -0.2) is 13.2 Å². The van der Waals surface area contributed by atoms with E-state index in [0.29, 0.717) is 10.0 Å². The Bertz CT molecular complexity index is 521. The van der Waals surface area contributed by atoms with Crippen LogP contribution in [0.4, 0.5) is 0 Å². The monoisotopic (exact) mass is 338 g/mol. The van der Waals surface area contributed by atoms with E-state index in [9.17, 15) is 0 Å². The summed E-state index contributed by atoms with van der Waals surface area (Å²) in [6.45, 7) is 1.44. The van der Waals surface area contributed by atoms with Gasteiger partial charge in [-0.1, -0.05) is 35.3 Å². The number of ether oxygens (including phenoxy) is 2. The molecule has 2 aromatic rings. The molecule has 0 bridgehead atoms. The van der Waals surface area contributed by atoms with Crippen molar-refractivity contribution in [3.63, 3.8) is 0 Å². The summed E-state index contributed by atoms with van der Waals surface area (Å²) in [5, 5.41) is 1.41. The first-order valence-electron chi connectivity index (χ1n) is 7.51. The standard InChI is InChI=1S/C18H20Cl2O2/c19-15-7-5-9-17(13-15)21-11-3-1-2-4-12-22-18-10-6-8-16(20)14-18/h5-10,13-14H,1-4,11-12H2. The Hall–Kier alpha value is -1.38. The van der Waals surface area contributed by atoms with Gasteiger partial charge in [0.05, 0.1) is 13.2 Å². The van der Waals surface area contributed by atoms with E-state index < -0.39 is 0 Å². The molecule has 0 aromatic heterocycles. The fraction of sp³-hybridized carbons (Fsp3) is 0.333. The minimum Gasteiger partial charge on any atom is -0.494 e. The summed E-state index contributed by atoms with van der Waals surface area (Å²) in [5.74, 6) is 1.66. The van der Waals surface area contributed by atoms with Crippen molar-refractivity contribution < 1.29 is 9.47 Å². The number of halogens is 2. The third-order valence-corrected chi connectivity index (χ3v) is 3.64. The molecule has 22 heavy (non-hydrogen) atoms. The van der Waals surface area contributed by atoms with E-state index in [2.05, 4.69) is 0 Å². The third kappa shape index (κ3) is 6.59. The zero-order valence-corrected chi connectivity index (χ0v) is 13.9. The Labute approximate surface area is 142 Å². The molecule has 0 radical (unpaired) electrons. The predicted molar refractivity (Wildman–Crippen MR) is 92.4 cm³/mol. The minimum absolute atomic E-state index is 0.704. The highest BCUT2D eigenvalue weighted by molar-refractivity contribution is 6.31. The third-order valence-electron chi connectivity index (χ3n) is 3.17. The highest BCUT2D eigenvalue weighted by atomic mass is 35.5. The van der Waals surface area contributed by atoms with E-state index in [1.165, 1.54) is 0 Å². The van der Waals surface area contributed by atoms with Crippen LogP contribution >= 0.6 is 23.2 Å². The highest BCUT2D eigenvalue weighted by Crippen LogP contribution is 2.18. The Morgan fingerprint density at radius 1 is 0.636 bits per heavy atom. The van der Waals surface area contributed by atoms with Crippen LogP contribution in [0.15, 0.2) is 48.5 Å². The van der Waals surface area contributed by atoms with Crippen LogP contribution in [0.2, 0.25) is 10.0 Å². The lowest BCUT2D eigenvalue weighted by atomic mass is 10.2. The van der Waals surface area contributed by atoms with Gasteiger partial charge in [-0.2, -0.15) is 0 Å². The maximum absolute atomic E-state index is 5.90. The molecule has 0 unspecified atom stereocenters. The molecule has 0 spiro atoms. The molecule has 0 saturated heterocycles. The summed E-state index contributed by atoms with van der Waals surface area (Å²) in [6, 6.07) is 15.0. The first kappa shape index (κ1) is 17.0. The lowest BCUT2D eigenvalue weighted by Crippen LogP contribution is -1.99. The molecule has 4 heteroatoms. The normalized spacial score (nSPS) is 10.5. The summed E-state index contributed by atoms with van der Waals surface area (Å²) < 4.78 is 11.3. The van der Waals surface area contributed by atoms with Crippen molar-refractivity contribution in [2.45, 2.75) is 25.7 Å². The molecule has 2 nitrogen and oxygen atoms in total. The number of unbranched alkanes of at least 4 members (excludes halogenated alkanes) is 3. The first-order chi connectivity index (χ1) is 10.7. The van der Waals surface area contributed by atoms with Crippen LogP contribution in [0.3, 0.4) is 0 Å². The fourth-order valence-electron chi connectivity index (χ4n) is 2.05. The molecular weight excluding hydrogens is 319 g/mol. The molecule has 0 atom stereocenters. The maximum Gasteiger partial charge on any atom is 0.120 e. The number of rotatable bonds is 9. The second-order valence-electron chi connectivity index (χ2n) is 5.03. The van der Waals surface area contributed by atoms with Gasteiger partial charge in [-0.15, -0.1) is 0 Å². The molecule has 0 aliphatic carbocycles. The number of benzene rings is 2. The maximum atomic E-state index is 5.90. The van der Waals surface area contributed by atoms with Crippen molar-refractivity contribution in [3.05, 3.63) is 58.6 Å². The Kier molecular flexibility index (Phi) is 7.41. The van der Waals surface area contributed by atoms with Gasteiger partial charge >= 0.3 is 0 Å². The average Bonchev–Trinajstić information content (AvgIpc) is 2.50. The van der Waals surface area contributed by atoms with Gasteiger partial charge in [0, 0.05) is 10.0 Å². The quantitative estimate of drug-likeness (QED) is 0.521. The highest BCUT2D eigenvalue weighted by Gasteiger charge is 1.97. The number of hydrogen-bond donors (Lipinski definition) is 0. The Morgan fingerprint density at radius 3 is 1.50 bits per heavy atom. The second-order valence-corrected chi connectivity index (χ2v) is 5.90. The Balaban J connectivity index is 1.49. The van der Waals surface area contributed by atoms with Crippen molar-refractivity contribution in [3.8, 4) is 11.5 Å². The van der Waals surface area contributed by atoms with Crippen molar-refractivity contribution in [1.82, 2.24) is 0 Å². The van der Waals surface area contributed by atoms with Crippen molar-refractivity contribution >= 4 is 23.2 Å². The van der Waals surface area contributed by atoms with Gasteiger partial charge in [-0.3, -0.25) is 0 Å². The second kappa shape index (κ2) is 9.60. The predicted octanol–water partition coefficient (Wildman–Crippen LogP) is 6.01. The first-order valence-corrected chi connectivity index (χ1v) is 8.26. The summed E-state index contributed by atoms with van der Waals surface area (Å²) in [4.78, 5) is 0. The molecule has 0 N–H and O–H groups in total. The van der Waals surface area contributed by atoms with Crippen molar-refractivity contribution in [2.75, 3.05) is 13.2 Å². The van der Waals surface area contributed by atoms with E-state index in [0.717, 1.165) is 50.4 Å². The van der Waals surface area contributed by atoms with E-state index >= 15 is 0 Å². The fourth-order valence-corrected chi connectivity index (χ4v) is 2.41. The molecule has 0 amide bonds. The van der Waals surface area contributed by atoms with Crippen LogP contribution in [0.1, 0.15) is 25.7 Å². The molecule has 118 valence electrons. The smallest absolute Gasteiger partial charge is 0.120 e. The summed E-state index contributed by atoms with van der Waals surface area (Å²) in [6.07, 6.45) is 4.31. The summed E-state index contributed by atoms with van der Waals surface area (Å²) in [7, 11) is 0. The zero-order chi connectivity index (χ0) is 15.6. The van der Waals surface area contributed by atoms with Crippen LogP contribution in [0.5, 0.6) is 11.5 Å². The molecule has 0 fully saturated rings. The molecule has 0 saturated carbocycles. The molecule has 0 aliphatic heterocycles. The van der Waals surface area contributed by atoms with Gasteiger partial charge < -0.3 is 9.47 Å². The average molecular weight is 339 g/mol. The molecule has 2 aromatic carbocycles. The molecule has 2 rings (SSSR count). The van der Waals surface area contributed by atoms with Gasteiger partial charge in [0.15, 0.2) is 0 Å². The van der Waals surface area contributed by atoms with E-state index in [1.807, 2.05) is 48.5 Å². The summed E-state index contributed by atoms with van der Waals surface area (Å²) >= 11 is 11.8. The van der Waals surface area contributed by atoms with Gasteiger partial charge in [0.2, 0.25) is 0 Å². The lowest BCUT2D eigenvalue weighted by molar-refractivity contribution is 0.287. The van der Waals surface area contributed by atoms with Crippen LogP contribution in [-0.2, 0) is 0 Å². The van der Waals surface area contributed by atoms with Crippen LogP contribution in [0.25, 0.3) is 0 Å². The largest absolute Gasteiger partial charge is 0.494 e. The minimum atomic E-state index is 0.704. The Morgan fingerprint density at radius 2 is 1.09 bits per heavy atom. The van der Waals surface area contributed by atoms with Gasteiger partial charge in [0.25, 0.3) is 0 Å². The molecular formula is C18H20Cl2O2. The number of hydrogen-bond acceptors (Lipinski definition) is 2. The van der Waals surface area contributed by atoms with Crippen molar-refractivity contribution in [2.24, 2.45) is 0 Å². The van der Waals surface area contributed by atoms with Crippen LogP contribution in [0, 0.1) is 0 Å². The summed E-state index contributed by atoms with van der Waals surface area (Å²) in [5.41, 5.74) is 0. The van der Waals surface area contributed by atoms with Crippen LogP contribution < -0.4 is 9.47 Å². The molecule has 0 heterocycles.